The van der Waals surface area contributed by atoms with Crippen molar-refractivity contribution in [2.75, 3.05) is 0 Å². The summed E-state index contributed by atoms with van der Waals surface area (Å²) in [5, 5.41) is 14.7. The van der Waals surface area contributed by atoms with Crippen molar-refractivity contribution in [2.45, 2.75) is 32.9 Å². The smallest absolute Gasteiger partial charge is 0.133 e. The Labute approximate surface area is 112 Å². The molecule has 0 saturated heterocycles. The van der Waals surface area contributed by atoms with Crippen molar-refractivity contribution in [3.63, 3.8) is 0 Å². The van der Waals surface area contributed by atoms with E-state index in [4.69, 9.17) is 0 Å². The average Bonchev–Trinajstić information content (AvgIpc) is 2.83. The summed E-state index contributed by atoms with van der Waals surface area (Å²) in [5.41, 5.74) is 3.40. The highest BCUT2D eigenvalue weighted by Gasteiger charge is 2.23. The summed E-state index contributed by atoms with van der Waals surface area (Å²) in [6.45, 7) is 5.98. The zero-order valence-electron chi connectivity index (χ0n) is 9.88. The number of hydrogen-bond donors (Lipinski definition) is 1. The Bertz CT molecular complexity index is 521. The van der Waals surface area contributed by atoms with E-state index in [0.29, 0.717) is 0 Å². The lowest BCUT2D eigenvalue weighted by molar-refractivity contribution is 0.207. The maximum absolute atomic E-state index is 10.4. The van der Waals surface area contributed by atoms with E-state index in [1.165, 1.54) is 11.3 Å². The van der Waals surface area contributed by atoms with Crippen LogP contribution in [0.2, 0.25) is 0 Å². The first-order valence-electron chi connectivity index (χ1n) is 5.33. The minimum absolute atomic E-state index is 0.208. The summed E-state index contributed by atoms with van der Waals surface area (Å²) >= 11 is 4.90. The zero-order chi connectivity index (χ0) is 12.6. The van der Waals surface area contributed by atoms with Gasteiger partial charge >= 0.3 is 0 Å². The number of hydrogen-bond acceptors (Lipinski definition) is 4. The quantitative estimate of drug-likeness (QED) is 0.947. The van der Waals surface area contributed by atoms with E-state index in [1.807, 2.05) is 25.5 Å². The third-order valence-corrected chi connectivity index (χ3v) is 4.16. The van der Waals surface area contributed by atoms with Crippen molar-refractivity contribution in [3.05, 3.63) is 32.4 Å². The van der Waals surface area contributed by atoms with Gasteiger partial charge < -0.3 is 5.11 Å². The zero-order valence-corrected chi connectivity index (χ0v) is 12.3. The lowest BCUT2D eigenvalue weighted by Crippen LogP contribution is -2.12. The Morgan fingerprint density at radius 2 is 2.18 bits per heavy atom. The SMILES string of the molecule is Cc1ncsc1C(O)c1c(Br)cnn1C(C)C. The second-order valence-corrected chi connectivity index (χ2v) is 5.86. The standard InChI is InChI=1S/C11H14BrN3OS/c1-6(2)15-9(8(12)4-14-15)10(16)11-7(3)13-5-17-11/h4-6,10,16H,1-3H3. The van der Waals surface area contributed by atoms with Gasteiger partial charge in [-0.1, -0.05) is 0 Å². The molecular weight excluding hydrogens is 302 g/mol. The number of thiazole rings is 1. The molecule has 2 aromatic heterocycles. The van der Waals surface area contributed by atoms with Crippen molar-refractivity contribution in [1.82, 2.24) is 14.8 Å². The molecule has 4 nitrogen and oxygen atoms in total. The lowest BCUT2D eigenvalue weighted by atomic mass is 10.2. The molecule has 17 heavy (non-hydrogen) atoms. The maximum atomic E-state index is 10.4. The van der Waals surface area contributed by atoms with Crippen LogP contribution in [0.1, 0.15) is 42.3 Å². The summed E-state index contributed by atoms with van der Waals surface area (Å²) in [6.07, 6.45) is 1.04. The van der Waals surface area contributed by atoms with Gasteiger partial charge in [-0.25, -0.2) is 4.98 Å². The topological polar surface area (TPSA) is 50.9 Å². The number of halogens is 1. The fraction of sp³-hybridized carbons (Fsp3) is 0.455. The van der Waals surface area contributed by atoms with E-state index < -0.39 is 6.10 Å². The third-order valence-electron chi connectivity index (χ3n) is 2.57. The van der Waals surface area contributed by atoms with Gasteiger partial charge in [-0.15, -0.1) is 11.3 Å². The highest BCUT2D eigenvalue weighted by molar-refractivity contribution is 9.10. The molecule has 2 rings (SSSR count). The molecule has 0 aliphatic carbocycles. The summed E-state index contributed by atoms with van der Waals surface area (Å²) in [7, 11) is 0. The van der Waals surface area contributed by atoms with Gasteiger partial charge in [0.25, 0.3) is 0 Å². The molecule has 1 unspecified atom stereocenters. The Morgan fingerprint density at radius 3 is 2.71 bits per heavy atom. The van der Waals surface area contributed by atoms with E-state index in [9.17, 15) is 5.11 Å². The van der Waals surface area contributed by atoms with Gasteiger partial charge in [-0.05, 0) is 36.7 Å². The molecule has 2 aromatic rings. The Hall–Kier alpha value is -0.720. The molecule has 92 valence electrons. The minimum Gasteiger partial charge on any atom is -0.381 e. The normalized spacial score (nSPS) is 13.3. The van der Waals surface area contributed by atoms with Crippen LogP contribution in [0.3, 0.4) is 0 Å². The van der Waals surface area contributed by atoms with E-state index in [2.05, 4.69) is 26.0 Å². The second-order valence-electron chi connectivity index (χ2n) is 4.12. The van der Waals surface area contributed by atoms with Crippen molar-refractivity contribution in [3.8, 4) is 0 Å². The second kappa shape index (κ2) is 4.88. The van der Waals surface area contributed by atoms with Crippen LogP contribution >= 0.6 is 27.3 Å². The highest BCUT2D eigenvalue weighted by atomic mass is 79.9. The van der Waals surface area contributed by atoms with Crippen LogP contribution in [0.4, 0.5) is 0 Å². The first-order valence-corrected chi connectivity index (χ1v) is 7.00. The molecule has 0 aliphatic heterocycles. The van der Waals surface area contributed by atoms with Crippen LogP contribution in [-0.4, -0.2) is 19.9 Å². The molecule has 0 bridgehead atoms. The fourth-order valence-electron chi connectivity index (χ4n) is 1.72. The van der Waals surface area contributed by atoms with Gasteiger partial charge in [0.1, 0.15) is 6.10 Å². The van der Waals surface area contributed by atoms with E-state index in [1.54, 1.807) is 11.7 Å². The molecule has 1 atom stereocenters. The molecule has 0 saturated carbocycles. The van der Waals surface area contributed by atoms with Gasteiger partial charge in [0.15, 0.2) is 0 Å². The van der Waals surface area contributed by atoms with Crippen LogP contribution in [0.25, 0.3) is 0 Å². The predicted octanol–water partition coefficient (Wildman–Crippen LogP) is 3.07. The van der Waals surface area contributed by atoms with Gasteiger partial charge in [-0.3, -0.25) is 4.68 Å². The third kappa shape index (κ3) is 2.29. The summed E-state index contributed by atoms with van der Waals surface area (Å²) in [4.78, 5) is 5.03. The Morgan fingerprint density at radius 1 is 1.47 bits per heavy atom. The number of aliphatic hydroxyl groups excluding tert-OH is 1. The molecule has 0 fully saturated rings. The largest absolute Gasteiger partial charge is 0.381 e. The molecule has 0 radical (unpaired) electrons. The number of rotatable bonds is 3. The molecule has 0 aromatic carbocycles. The molecule has 0 aliphatic rings. The molecule has 0 amide bonds. The van der Waals surface area contributed by atoms with E-state index >= 15 is 0 Å². The molecular formula is C11H14BrN3OS. The van der Waals surface area contributed by atoms with Crippen molar-refractivity contribution < 1.29 is 5.11 Å². The molecule has 2 heterocycles. The minimum atomic E-state index is -0.679. The number of aromatic nitrogens is 3. The lowest BCUT2D eigenvalue weighted by Gasteiger charge is -2.16. The van der Waals surface area contributed by atoms with Crippen LogP contribution in [0.15, 0.2) is 16.2 Å². The monoisotopic (exact) mass is 315 g/mol. The summed E-state index contributed by atoms with van der Waals surface area (Å²) in [5.74, 6) is 0. The van der Waals surface area contributed by atoms with Gasteiger partial charge in [0.2, 0.25) is 0 Å². The predicted molar refractivity (Wildman–Crippen MR) is 71.2 cm³/mol. The number of nitrogens with zero attached hydrogens (tertiary/aromatic N) is 3. The molecule has 6 heteroatoms. The van der Waals surface area contributed by atoms with Gasteiger partial charge in [0.05, 0.1) is 32.4 Å². The van der Waals surface area contributed by atoms with E-state index in [-0.39, 0.29) is 6.04 Å². The number of aliphatic hydroxyl groups is 1. The van der Waals surface area contributed by atoms with Crippen LogP contribution in [-0.2, 0) is 0 Å². The summed E-state index contributed by atoms with van der Waals surface area (Å²) in [6, 6.07) is 0.208. The molecule has 0 spiro atoms. The maximum Gasteiger partial charge on any atom is 0.133 e. The van der Waals surface area contributed by atoms with Crippen LogP contribution in [0, 0.1) is 6.92 Å². The van der Waals surface area contributed by atoms with Crippen molar-refractivity contribution in [2.24, 2.45) is 0 Å². The fourth-order valence-corrected chi connectivity index (χ4v) is 2.99. The average molecular weight is 316 g/mol. The van der Waals surface area contributed by atoms with Gasteiger partial charge in [0, 0.05) is 6.04 Å². The Balaban J connectivity index is 2.47. The van der Waals surface area contributed by atoms with Crippen molar-refractivity contribution >= 4 is 27.3 Å². The first kappa shape index (κ1) is 12.7. The van der Waals surface area contributed by atoms with Crippen LogP contribution < -0.4 is 0 Å². The summed E-state index contributed by atoms with van der Waals surface area (Å²) < 4.78 is 2.65. The van der Waals surface area contributed by atoms with Crippen molar-refractivity contribution in [1.29, 1.82) is 0 Å². The van der Waals surface area contributed by atoms with Gasteiger partial charge in [-0.2, -0.15) is 5.10 Å². The number of aryl methyl sites for hydroxylation is 1. The highest BCUT2D eigenvalue weighted by Crippen LogP contribution is 2.33. The first-order chi connectivity index (χ1) is 8.02. The Kier molecular flexibility index (Phi) is 3.65. The van der Waals surface area contributed by atoms with E-state index in [0.717, 1.165) is 20.7 Å². The van der Waals surface area contributed by atoms with Crippen LogP contribution in [0.5, 0.6) is 0 Å². The molecule has 1 N–H and O–H groups in total.